The van der Waals surface area contributed by atoms with Gasteiger partial charge in [0.05, 0.1) is 0 Å². The predicted molar refractivity (Wildman–Crippen MR) is 103 cm³/mol. The second-order valence-corrected chi connectivity index (χ2v) is 7.54. The van der Waals surface area contributed by atoms with Gasteiger partial charge in [-0.2, -0.15) is 0 Å². The molecule has 0 aliphatic carbocycles. The van der Waals surface area contributed by atoms with Crippen LogP contribution in [0.25, 0.3) is 0 Å². The standard InChI is InChI=1S/C17H34N2S2/c1-7-9-11-12-14-19(17(3,4)5)16(21)15(20)18(6)13-10-8-2/h7-14H2,1-6H3. The van der Waals surface area contributed by atoms with Crippen LogP contribution < -0.4 is 0 Å². The first-order chi connectivity index (χ1) is 9.75. The van der Waals surface area contributed by atoms with Crippen molar-refractivity contribution in [2.45, 2.75) is 78.7 Å². The highest BCUT2D eigenvalue weighted by molar-refractivity contribution is 7.89. The molecule has 0 radical (unpaired) electrons. The van der Waals surface area contributed by atoms with Gasteiger partial charge in [0.25, 0.3) is 0 Å². The van der Waals surface area contributed by atoms with Crippen molar-refractivity contribution in [2.75, 3.05) is 20.1 Å². The molecule has 0 N–H and O–H groups in total. The highest BCUT2D eigenvalue weighted by Crippen LogP contribution is 2.17. The average molecular weight is 331 g/mol. The molecule has 0 aliphatic rings. The largest absolute Gasteiger partial charge is 0.363 e. The molecule has 0 atom stereocenters. The Morgan fingerprint density at radius 2 is 1.38 bits per heavy atom. The minimum absolute atomic E-state index is 0.0267. The Labute approximate surface area is 143 Å². The zero-order valence-electron chi connectivity index (χ0n) is 14.9. The van der Waals surface area contributed by atoms with E-state index < -0.39 is 0 Å². The Balaban J connectivity index is 4.67. The van der Waals surface area contributed by atoms with Crippen molar-refractivity contribution in [3.63, 3.8) is 0 Å². The van der Waals surface area contributed by atoms with Gasteiger partial charge in [-0.3, -0.25) is 0 Å². The van der Waals surface area contributed by atoms with Crippen LogP contribution in [0, 0.1) is 0 Å². The molecule has 4 heteroatoms. The van der Waals surface area contributed by atoms with Crippen molar-refractivity contribution < 1.29 is 0 Å². The lowest BCUT2D eigenvalue weighted by Crippen LogP contribution is -2.50. The Morgan fingerprint density at radius 1 is 0.810 bits per heavy atom. The third-order valence-corrected chi connectivity index (χ3v) is 4.71. The number of nitrogens with zero attached hydrogens (tertiary/aromatic N) is 2. The predicted octanol–water partition coefficient (Wildman–Crippen LogP) is 5.05. The molecule has 21 heavy (non-hydrogen) atoms. The van der Waals surface area contributed by atoms with Crippen LogP contribution >= 0.6 is 24.4 Å². The van der Waals surface area contributed by atoms with Crippen LogP contribution in [-0.4, -0.2) is 45.5 Å². The molecule has 0 heterocycles. The topological polar surface area (TPSA) is 6.48 Å². The summed E-state index contributed by atoms with van der Waals surface area (Å²) < 4.78 is 0. The molecule has 0 amide bonds. The van der Waals surface area contributed by atoms with Crippen LogP contribution in [0.3, 0.4) is 0 Å². The van der Waals surface area contributed by atoms with Gasteiger partial charge in [-0.15, -0.1) is 0 Å². The van der Waals surface area contributed by atoms with Crippen molar-refractivity contribution in [1.29, 1.82) is 0 Å². The summed E-state index contributed by atoms with van der Waals surface area (Å²) in [5.74, 6) is 0. The number of unbranched alkanes of at least 4 members (excludes halogenated alkanes) is 4. The van der Waals surface area contributed by atoms with Gasteiger partial charge < -0.3 is 9.80 Å². The van der Waals surface area contributed by atoms with Crippen molar-refractivity contribution >= 4 is 34.4 Å². The number of likely N-dealkylation sites (N-methyl/N-ethyl adjacent to an activating group) is 1. The smallest absolute Gasteiger partial charge is 0.137 e. The van der Waals surface area contributed by atoms with E-state index in [0.29, 0.717) is 0 Å². The van der Waals surface area contributed by atoms with E-state index >= 15 is 0 Å². The zero-order chi connectivity index (χ0) is 16.5. The molecule has 0 bridgehead atoms. The summed E-state index contributed by atoms with van der Waals surface area (Å²) in [6.45, 7) is 13.1. The summed E-state index contributed by atoms with van der Waals surface area (Å²) in [4.78, 5) is 6.10. The van der Waals surface area contributed by atoms with Gasteiger partial charge in [-0.05, 0) is 33.6 Å². The van der Waals surface area contributed by atoms with Gasteiger partial charge in [-0.25, -0.2) is 0 Å². The number of hydrogen-bond donors (Lipinski definition) is 0. The first-order valence-corrected chi connectivity index (χ1v) is 9.14. The van der Waals surface area contributed by atoms with Crippen LogP contribution in [0.15, 0.2) is 0 Å². The lowest BCUT2D eigenvalue weighted by Gasteiger charge is -2.39. The maximum absolute atomic E-state index is 5.69. The molecule has 0 unspecified atom stereocenters. The molecule has 0 aromatic heterocycles. The summed E-state index contributed by atoms with van der Waals surface area (Å²) in [5.41, 5.74) is 0.0267. The SMILES string of the molecule is CCCCCCN(C(=S)C(=S)N(C)CCCC)C(C)(C)C. The molecule has 0 saturated carbocycles. The fraction of sp³-hybridized carbons (Fsp3) is 0.882. The van der Waals surface area contributed by atoms with E-state index in [0.717, 1.165) is 29.5 Å². The Morgan fingerprint density at radius 3 is 1.86 bits per heavy atom. The molecule has 0 saturated heterocycles. The minimum Gasteiger partial charge on any atom is -0.363 e. The van der Waals surface area contributed by atoms with E-state index in [9.17, 15) is 0 Å². The highest BCUT2D eigenvalue weighted by Gasteiger charge is 2.26. The molecule has 0 spiro atoms. The molecule has 124 valence electrons. The maximum Gasteiger partial charge on any atom is 0.137 e. The molecule has 0 fully saturated rings. The summed E-state index contributed by atoms with van der Waals surface area (Å²) in [7, 11) is 2.06. The second-order valence-electron chi connectivity index (χ2n) is 6.77. The molecular formula is C17H34N2S2. The fourth-order valence-electron chi connectivity index (χ4n) is 2.21. The van der Waals surface area contributed by atoms with Crippen LogP contribution in [0.4, 0.5) is 0 Å². The van der Waals surface area contributed by atoms with Crippen molar-refractivity contribution in [2.24, 2.45) is 0 Å². The normalized spacial score (nSPS) is 11.3. The van der Waals surface area contributed by atoms with Crippen LogP contribution in [0.5, 0.6) is 0 Å². The molecular weight excluding hydrogens is 296 g/mol. The second kappa shape index (κ2) is 10.5. The average Bonchev–Trinajstić information content (AvgIpc) is 2.41. The van der Waals surface area contributed by atoms with E-state index in [1.165, 1.54) is 32.1 Å². The molecule has 0 rings (SSSR count). The van der Waals surface area contributed by atoms with Crippen LogP contribution in [-0.2, 0) is 0 Å². The Kier molecular flexibility index (Phi) is 10.4. The number of hydrogen-bond acceptors (Lipinski definition) is 2. The van der Waals surface area contributed by atoms with Crippen molar-refractivity contribution in [3.8, 4) is 0 Å². The monoisotopic (exact) mass is 330 g/mol. The van der Waals surface area contributed by atoms with E-state index in [2.05, 4.69) is 51.5 Å². The lowest BCUT2D eigenvalue weighted by atomic mass is 10.0. The van der Waals surface area contributed by atoms with Crippen LogP contribution in [0.1, 0.15) is 73.1 Å². The van der Waals surface area contributed by atoms with Crippen LogP contribution in [0.2, 0.25) is 0 Å². The highest BCUT2D eigenvalue weighted by atomic mass is 32.1. The Hall–Kier alpha value is -0.220. The fourth-order valence-corrected chi connectivity index (χ4v) is 2.94. The summed E-state index contributed by atoms with van der Waals surface area (Å²) in [6.07, 6.45) is 7.35. The molecule has 0 aromatic carbocycles. The molecule has 0 aliphatic heterocycles. The van der Waals surface area contributed by atoms with Gasteiger partial charge >= 0.3 is 0 Å². The van der Waals surface area contributed by atoms with E-state index in [4.69, 9.17) is 24.4 Å². The van der Waals surface area contributed by atoms with Crippen molar-refractivity contribution in [3.05, 3.63) is 0 Å². The first kappa shape index (κ1) is 20.8. The zero-order valence-corrected chi connectivity index (χ0v) is 16.5. The first-order valence-electron chi connectivity index (χ1n) is 8.32. The molecule has 0 aromatic rings. The number of thiocarbonyl (C=S) groups is 2. The van der Waals surface area contributed by atoms with Gasteiger partial charge in [0.2, 0.25) is 0 Å². The van der Waals surface area contributed by atoms with E-state index in [1.54, 1.807) is 0 Å². The maximum atomic E-state index is 5.69. The molecule has 2 nitrogen and oxygen atoms in total. The Bertz CT molecular complexity index is 321. The lowest BCUT2D eigenvalue weighted by molar-refractivity contribution is 0.238. The van der Waals surface area contributed by atoms with Gasteiger partial charge in [0.15, 0.2) is 0 Å². The van der Waals surface area contributed by atoms with Gasteiger partial charge in [-0.1, -0.05) is 64.0 Å². The third kappa shape index (κ3) is 8.10. The van der Waals surface area contributed by atoms with E-state index in [1.807, 2.05) is 0 Å². The van der Waals surface area contributed by atoms with Gasteiger partial charge in [0.1, 0.15) is 9.98 Å². The van der Waals surface area contributed by atoms with Gasteiger partial charge in [0, 0.05) is 25.7 Å². The summed E-state index contributed by atoms with van der Waals surface area (Å²) >= 11 is 11.3. The van der Waals surface area contributed by atoms with E-state index in [-0.39, 0.29) is 5.54 Å². The quantitative estimate of drug-likeness (QED) is 0.453. The number of rotatable bonds is 8. The van der Waals surface area contributed by atoms with Crippen molar-refractivity contribution in [1.82, 2.24) is 9.80 Å². The minimum atomic E-state index is 0.0267. The summed E-state index contributed by atoms with van der Waals surface area (Å²) in [6, 6.07) is 0. The summed E-state index contributed by atoms with van der Waals surface area (Å²) in [5, 5.41) is 0. The third-order valence-electron chi connectivity index (χ3n) is 3.67.